The Morgan fingerprint density at radius 1 is 1.41 bits per heavy atom. The van der Waals surface area contributed by atoms with Crippen molar-refractivity contribution in [3.8, 4) is 0 Å². The number of aliphatic hydroxyl groups is 1. The molecule has 17 heavy (non-hydrogen) atoms. The van der Waals surface area contributed by atoms with E-state index in [4.69, 9.17) is 0 Å². The van der Waals surface area contributed by atoms with Crippen LogP contribution in [0.4, 0.5) is 0 Å². The van der Waals surface area contributed by atoms with Crippen molar-refractivity contribution in [1.82, 2.24) is 14.5 Å². The predicted octanol–water partition coefficient (Wildman–Crippen LogP) is 2.08. The molecular formula is C12H19N3OS. The molecule has 0 radical (unpaired) electrons. The number of aliphatic hydroxyl groups excluding tert-OH is 1. The molecule has 2 rings (SSSR count). The summed E-state index contributed by atoms with van der Waals surface area (Å²) in [6, 6.07) is 3.79. The van der Waals surface area contributed by atoms with Crippen LogP contribution < -0.4 is 0 Å². The zero-order chi connectivity index (χ0) is 11.5. The monoisotopic (exact) mass is 253 g/mol. The largest absolute Gasteiger partial charge is 0.388 e. The van der Waals surface area contributed by atoms with E-state index in [1.807, 2.05) is 16.7 Å². The van der Waals surface area contributed by atoms with E-state index in [0.29, 0.717) is 11.7 Å². The summed E-state index contributed by atoms with van der Waals surface area (Å²) in [5.74, 6) is 1.34. The minimum Gasteiger partial charge on any atom is -0.388 e. The summed E-state index contributed by atoms with van der Waals surface area (Å²) < 4.78 is 2.01. The van der Waals surface area contributed by atoms with E-state index in [1.165, 1.54) is 0 Å². The van der Waals surface area contributed by atoms with Crippen LogP contribution in [0.2, 0.25) is 0 Å². The summed E-state index contributed by atoms with van der Waals surface area (Å²) in [6.45, 7) is 5.20. The van der Waals surface area contributed by atoms with Gasteiger partial charge in [-0.3, -0.25) is 0 Å². The molecule has 0 aliphatic rings. The van der Waals surface area contributed by atoms with Gasteiger partial charge < -0.3 is 9.67 Å². The van der Waals surface area contributed by atoms with Gasteiger partial charge in [0.2, 0.25) is 0 Å². The summed E-state index contributed by atoms with van der Waals surface area (Å²) >= 11 is 0. The first kappa shape index (κ1) is 14.0. The van der Waals surface area contributed by atoms with Gasteiger partial charge in [0, 0.05) is 12.7 Å². The van der Waals surface area contributed by atoms with Gasteiger partial charge in [0.15, 0.2) is 5.65 Å². The van der Waals surface area contributed by atoms with Gasteiger partial charge in [0.25, 0.3) is 0 Å². The smallest absolute Gasteiger partial charge is 0.160 e. The maximum Gasteiger partial charge on any atom is 0.160 e. The second-order valence-corrected chi connectivity index (χ2v) is 4.37. The maximum atomic E-state index is 9.27. The van der Waals surface area contributed by atoms with Crippen LogP contribution in [-0.4, -0.2) is 19.6 Å². The molecule has 0 amide bonds. The van der Waals surface area contributed by atoms with Crippen LogP contribution in [-0.2, 0) is 13.2 Å². The standard InChI is InChI=1S/C12H17N3O.H2S/c1-9(2)5-7-15-11(8-16)14-10-4-3-6-13-12(10)15;/h3-4,6,9,16H,5,7-8H2,1-2H3;1H2. The molecule has 0 aliphatic carbocycles. The second-order valence-electron chi connectivity index (χ2n) is 4.37. The predicted molar refractivity (Wildman–Crippen MR) is 73.3 cm³/mol. The molecule has 0 spiro atoms. The molecule has 2 heterocycles. The van der Waals surface area contributed by atoms with E-state index in [1.54, 1.807) is 6.20 Å². The maximum absolute atomic E-state index is 9.27. The van der Waals surface area contributed by atoms with Crippen molar-refractivity contribution in [1.29, 1.82) is 0 Å². The lowest BCUT2D eigenvalue weighted by molar-refractivity contribution is 0.264. The lowest BCUT2D eigenvalue weighted by Gasteiger charge is -2.08. The van der Waals surface area contributed by atoms with Gasteiger partial charge in [-0.1, -0.05) is 13.8 Å². The molecule has 5 heteroatoms. The number of rotatable bonds is 4. The first-order valence-electron chi connectivity index (χ1n) is 5.63. The Morgan fingerprint density at radius 2 is 2.18 bits per heavy atom. The fourth-order valence-corrected chi connectivity index (χ4v) is 1.75. The summed E-state index contributed by atoms with van der Waals surface area (Å²) in [6.07, 6.45) is 2.83. The Morgan fingerprint density at radius 3 is 2.82 bits per heavy atom. The SMILES string of the molecule is CC(C)CCn1c(CO)nc2cccnc21.S. The molecule has 2 aromatic heterocycles. The number of aryl methyl sites for hydroxylation is 1. The van der Waals surface area contributed by atoms with Crippen LogP contribution in [0.15, 0.2) is 18.3 Å². The van der Waals surface area contributed by atoms with Crippen molar-refractivity contribution in [2.75, 3.05) is 0 Å². The van der Waals surface area contributed by atoms with Crippen LogP contribution in [0.5, 0.6) is 0 Å². The molecule has 0 aromatic carbocycles. The van der Waals surface area contributed by atoms with Crippen molar-refractivity contribution in [2.45, 2.75) is 33.4 Å². The van der Waals surface area contributed by atoms with E-state index in [9.17, 15) is 5.11 Å². The lowest BCUT2D eigenvalue weighted by atomic mass is 10.1. The fraction of sp³-hybridized carbons (Fsp3) is 0.500. The summed E-state index contributed by atoms with van der Waals surface area (Å²) in [5.41, 5.74) is 1.72. The quantitative estimate of drug-likeness (QED) is 0.907. The third-order valence-corrected chi connectivity index (χ3v) is 2.65. The summed E-state index contributed by atoms with van der Waals surface area (Å²) in [5, 5.41) is 9.27. The minimum absolute atomic E-state index is 0. The molecule has 0 bridgehead atoms. The average Bonchev–Trinajstić information content (AvgIpc) is 2.64. The van der Waals surface area contributed by atoms with Crippen molar-refractivity contribution in [3.63, 3.8) is 0 Å². The normalized spacial score (nSPS) is 10.8. The van der Waals surface area contributed by atoms with Gasteiger partial charge in [-0.05, 0) is 24.5 Å². The van der Waals surface area contributed by atoms with Gasteiger partial charge in [0.1, 0.15) is 17.9 Å². The molecular weight excluding hydrogens is 234 g/mol. The van der Waals surface area contributed by atoms with Crippen molar-refractivity contribution in [2.24, 2.45) is 5.92 Å². The number of hydrogen-bond donors (Lipinski definition) is 1. The highest BCUT2D eigenvalue weighted by Gasteiger charge is 2.10. The van der Waals surface area contributed by atoms with E-state index in [-0.39, 0.29) is 20.1 Å². The second kappa shape index (κ2) is 6.02. The van der Waals surface area contributed by atoms with Crippen LogP contribution in [0.1, 0.15) is 26.1 Å². The highest BCUT2D eigenvalue weighted by Crippen LogP contribution is 2.15. The molecule has 0 fully saturated rings. The number of fused-ring (bicyclic) bond motifs is 1. The zero-order valence-electron chi connectivity index (χ0n) is 10.2. The van der Waals surface area contributed by atoms with Gasteiger partial charge in [-0.2, -0.15) is 13.5 Å². The molecule has 0 aliphatic heterocycles. The summed E-state index contributed by atoms with van der Waals surface area (Å²) in [4.78, 5) is 8.68. The van der Waals surface area contributed by atoms with Crippen molar-refractivity contribution in [3.05, 3.63) is 24.2 Å². The Bertz CT molecular complexity index is 482. The van der Waals surface area contributed by atoms with Crippen molar-refractivity contribution < 1.29 is 5.11 Å². The van der Waals surface area contributed by atoms with E-state index in [2.05, 4.69) is 23.8 Å². The Balaban J connectivity index is 0.00000144. The van der Waals surface area contributed by atoms with E-state index >= 15 is 0 Å². The molecule has 94 valence electrons. The number of aromatic nitrogens is 3. The highest BCUT2D eigenvalue weighted by molar-refractivity contribution is 7.59. The van der Waals surface area contributed by atoms with Gasteiger partial charge in [-0.15, -0.1) is 0 Å². The third-order valence-electron chi connectivity index (χ3n) is 2.65. The lowest BCUT2D eigenvalue weighted by Crippen LogP contribution is -2.06. The average molecular weight is 253 g/mol. The topological polar surface area (TPSA) is 50.9 Å². The molecule has 0 atom stereocenters. The van der Waals surface area contributed by atoms with Crippen molar-refractivity contribution >= 4 is 24.7 Å². The first-order valence-corrected chi connectivity index (χ1v) is 5.63. The molecule has 4 nitrogen and oxygen atoms in total. The number of imidazole rings is 1. The molecule has 0 unspecified atom stereocenters. The molecule has 0 saturated heterocycles. The van der Waals surface area contributed by atoms with Crippen LogP contribution in [0.25, 0.3) is 11.2 Å². The number of hydrogen-bond acceptors (Lipinski definition) is 3. The van der Waals surface area contributed by atoms with Crippen LogP contribution >= 0.6 is 13.5 Å². The Kier molecular flexibility index (Phi) is 4.96. The van der Waals surface area contributed by atoms with E-state index in [0.717, 1.165) is 24.1 Å². The van der Waals surface area contributed by atoms with Crippen LogP contribution in [0.3, 0.4) is 0 Å². The first-order chi connectivity index (χ1) is 7.72. The Labute approximate surface area is 108 Å². The molecule has 0 saturated carbocycles. The number of nitrogens with zero attached hydrogens (tertiary/aromatic N) is 3. The molecule has 2 aromatic rings. The van der Waals surface area contributed by atoms with E-state index < -0.39 is 0 Å². The van der Waals surface area contributed by atoms with Gasteiger partial charge >= 0.3 is 0 Å². The molecule has 1 N–H and O–H groups in total. The minimum atomic E-state index is -0.0333. The Hall–Kier alpha value is -1.07. The third kappa shape index (κ3) is 2.98. The highest BCUT2D eigenvalue weighted by atomic mass is 32.1. The van der Waals surface area contributed by atoms with Crippen LogP contribution in [0, 0.1) is 5.92 Å². The fourth-order valence-electron chi connectivity index (χ4n) is 1.75. The number of pyridine rings is 1. The zero-order valence-corrected chi connectivity index (χ0v) is 11.2. The van der Waals surface area contributed by atoms with Gasteiger partial charge in [-0.25, -0.2) is 9.97 Å². The summed E-state index contributed by atoms with van der Waals surface area (Å²) in [7, 11) is 0. The van der Waals surface area contributed by atoms with Gasteiger partial charge in [0.05, 0.1) is 0 Å².